The van der Waals surface area contributed by atoms with Crippen LogP contribution in [0.15, 0.2) is 24.3 Å². The number of ether oxygens (including phenoxy) is 1. The van der Waals surface area contributed by atoms with Gasteiger partial charge in [0, 0.05) is 11.6 Å². The van der Waals surface area contributed by atoms with Gasteiger partial charge in [0.05, 0.1) is 12.5 Å². The van der Waals surface area contributed by atoms with Crippen LogP contribution in [0.4, 0.5) is 0 Å². The van der Waals surface area contributed by atoms with Crippen molar-refractivity contribution in [2.24, 2.45) is 5.92 Å². The molecule has 0 atom stereocenters. The molecule has 0 aliphatic carbocycles. The molecule has 0 unspecified atom stereocenters. The van der Waals surface area contributed by atoms with E-state index in [2.05, 4.69) is 11.0 Å². The Morgan fingerprint density at radius 2 is 2.16 bits per heavy atom. The highest BCUT2D eigenvalue weighted by Gasteiger charge is 2.25. The Labute approximate surface area is 119 Å². The first kappa shape index (κ1) is 14.4. The summed E-state index contributed by atoms with van der Waals surface area (Å²) in [6.07, 6.45) is 1.78. The first-order valence-corrected chi connectivity index (χ1v) is 7.20. The molecular formula is C15H20ClNO2. The van der Waals surface area contributed by atoms with Crippen molar-refractivity contribution in [2.75, 3.05) is 19.7 Å². The summed E-state index contributed by atoms with van der Waals surface area (Å²) >= 11 is 5.98. The van der Waals surface area contributed by atoms with Gasteiger partial charge in [0.1, 0.15) is 0 Å². The van der Waals surface area contributed by atoms with Crippen molar-refractivity contribution < 1.29 is 9.53 Å². The van der Waals surface area contributed by atoms with Gasteiger partial charge in [-0.2, -0.15) is 0 Å². The first-order chi connectivity index (χ1) is 9.19. The topological polar surface area (TPSA) is 29.5 Å². The van der Waals surface area contributed by atoms with Crippen molar-refractivity contribution in [1.82, 2.24) is 4.90 Å². The van der Waals surface area contributed by atoms with E-state index < -0.39 is 0 Å². The van der Waals surface area contributed by atoms with E-state index in [9.17, 15) is 4.79 Å². The third kappa shape index (κ3) is 4.22. The molecule has 1 fully saturated rings. The summed E-state index contributed by atoms with van der Waals surface area (Å²) in [4.78, 5) is 14.0. The third-order valence-electron chi connectivity index (χ3n) is 3.50. The fourth-order valence-corrected chi connectivity index (χ4v) is 2.69. The van der Waals surface area contributed by atoms with Crippen LogP contribution in [-0.4, -0.2) is 30.6 Å². The largest absolute Gasteiger partial charge is 0.466 e. The monoisotopic (exact) mass is 281 g/mol. The minimum absolute atomic E-state index is 0.0371. The molecule has 0 amide bonds. The lowest BCUT2D eigenvalue weighted by molar-refractivity contribution is -0.149. The molecule has 1 aromatic carbocycles. The van der Waals surface area contributed by atoms with Crippen LogP contribution >= 0.6 is 11.6 Å². The Hall–Kier alpha value is -1.06. The van der Waals surface area contributed by atoms with Crippen molar-refractivity contribution in [3.8, 4) is 0 Å². The second-order valence-corrected chi connectivity index (χ2v) is 5.37. The summed E-state index contributed by atoms with van der Waals surface area (Å²) < 4.78 is 5.08. The van der Waals surface area contributed by atoms with Gasteiger partial charge in [0.15, 0.2) is 0 Å². The maximum atomic E-state index is 11.6. The smallest absolute Gasteiger partial charge is 0.309 e. The molecule has 19 heavy (non-hydrogen) atoms. The Morgan fingerprint density at radius 1 is 1.42 bits per heavy atom. The second kappa shape index (κ2) is 6.92. The van der Waals surface area contributed by atoms with Gasteiger partial charge in [-0.15, -0.1) is 0 Å². The molecular weight excluding hydrogens is 262 g/mol. The fourth-order valence-electron chi connectivity index (χ4n) is 2.48. The average molecular weight is 282 g/mol. The average Bonchev–Trinajstić information content (AvgIpc) is 2.40. The molecule has 0 saturated carbocycles. The fraction of sp³-hybridized carbons (Fsp3) is 0.533. The van der Waals surface area contributed by atoms with Crippen molar-refractivity contribution in [3.05, 3.63) is 34.9 Å². The molecule has 2 rings (SSSR count). The third-order valence-corrected chi connectivity index (χ3v) is 3.74. The highest BCUT2D eigenvalue weighted by Crippen LogP contribution is 2.21. The lowest BCUT2D eigenvalue weighted by atomic mass is 9.96. The molecule has 1 saturated heterocycles. The van der Waals surface area contributed by atoms with Crippen molar-refractivity contribution in [2.45, 2.75) is 26.3 Å². The predicted molar refractivity (Wildman–Crippen MR) is 76.1 cm³/mol. The first-order valence-electron chi connectivity index (χ1n) is 6.82. The van der Waals surface area contributed by atoms with E-state index in [4.69, 9.17) is 16.3 Å². The van der Waals surface area contributed by atoms with Gasteiger partial charge in [-0.05, 0) is 50.6 Å². The van der Waals surface area contributed by atoms with Gasteiger partial charge in [-0.25, -0.2) is 0 Å². The maximum absolute atomic E-state index is 11.6. The number of hydrogen-bond acceptors (Lipinski definition) is 3. The minimum Gasteiger partial charge on any atom is -0.466 e. The summed E-state index contributed by atoms with van der Waals surface area (Å²) in [6.45, 7) is 5.11. The number of rotatable bonds is 4. The number of piperidine rings is 1. The van der Waals surface area contributed by atoms with Gasteiger partial charge >= 0.3 is 5.97 Å². The summed E-state index contributed by atoms with van der Waals surface area (Å²) in [7, 11) is 0. The second-order valence-electron chi connectivity index (χ2n) is 4.93. The number of carbonyl (C=O) groups is 1. The maximum Gasteiger partial charge on any atom is 0.309 e. The van der Waals surface area contributed by atoms with Gasteiger partial charge < -0.3 is 4.74 Å². The normalized spacial score (nSPS) is 17.4. The minimum atomic E-state index is -0.0371. The molecule has 104 valence electrons. The number of benzene rings is 1. The standard InChI is InChI=1S/C15H20ClNO2/c1-2-19-15(18)13-6-8-17(9-7-13)11-12-4-3-5-14(16)10-12/h3-5,10,13H,2,6-9,11H2,1H3. The molecule has 1 aromatic rings. The zero-order valence-electron chi connectivity index (χ0n) is 11.3. The molecule has 0 aromatic heterocycles. The van der Waals surface area contributed by atoms with Crippen LogP contribution < -0.4 is 0 Å². The number of esters is 1. The number of carbonyl (C=O) groups excluding carboxylic acids is 1. The van der Waals surface area contributed by atoms with Crippen LogP contribution in [0.1, 0.15) is 25.3 Å². The summed E-state index contributed by atoms with van der Waals surface area (Å²) in [5.41, 5.74) is 1.22. The molecule has 0 spiro atoms. The number of likely N-dealkylation sites (tertiary alicyclic amines) is 1. The molecule has 0 N–H and O–H groups in total. The van der Waals surface area contributed by atoms with Crippen molar-refractivity contribution in [3.63, 3.8) is 0 Å². The molecule has 4 heteroatoms. The Balaban J connectivity index is 1.82. The number of hydrogen-bond donors (Lipinski definition) is 0. The van der Waals surface area contributed by atoms with E-state index in [1.54, 1.807) is 0 Å². The summed E-state index contributed by atoms with van der Waals surface area (Å²) in [5.74, 6) is 0.0421. The number of halogens is 1. The predicted octanol–water partition coefficient (Wildman–Crippen LogP) is 3.12. The number of nitrogens with zero attached hydrogens (tertiary/aromatic N) is 1. The zero-order chi connectivity index (χ0) is 13.7. The quantitative estimate of drug-likeness (QED) is 0.794. The molecule has 1 heterocycles. The molecule has 0 bridgehead atoms. The van der Waals surface area contributed by atoms with Crippen molar-refractivity contribution in [1.29, 1.82) is 0 Å². The highest BCUT2D eigenvalue weighted by atomic mass is 35.5. The Bertz CT molecular complexity index is 428. The zero-order valence-corrected chi connectivity index (χ0v) is 12.0. The van der Waals surface area contributed by atoms with Gasteiger partial charge in [0.2, 0.25) is 0 Å². The van der Waals surface area contributed by atoms with Crippen LogP contribution in [0.2, 0.25) is 5.02 Å². The lowest BCUT2D eigenvalue weighted by Crippen LogP contribution is -2.36. The summed E-state index contributed by atoms with van der Waals surface area (Å²) in [5, 5.41) is 0.777. The van der Waals surface area contributed by atoms with Crippen LogP contribution in [-0.2, 0) is 16.1 Å². The van der Waals surface area contributed by atoms with E-state index in [1.807, 2.05) is 25.1 Å². The van der Waals surface area contributed by atoms with Crippen molar-refractivity contribution >= 4 is 17.6 Å². The van der Waals surface area contributed by atoms with Crippen LogP contribution in [0.3, 0.4) is 0 Å². The highest BCUT2D eigenvalue weighted by molar-refractivity contribution is 6.30. The SMILES string of the molecule is CCOC(=O)C1CCN(Cc2cccc(Cl)c2)CC1. The van der Waals surface area contributed by atoms with Crippen LogP contribution in [0.5, 0.6) is 0 Å². The van der Waals surface area contributed by atoms with Crippen LogP contribution in [0.25, 0.3) is 0 Å². The molecule has 0 radical (unpaired) electrons. The van der Waals surface area contributed by atoms with Gasteiger partial charge in [-0.1, -0.05) is 23.7 Å². The van der Waals surface area contributed by atoms with E-state index in [-0.39, 0.29) is 11.9 Å². The molecule has 1 aliphatic rings. The Morgan fingerprint density at radius 3 is 2.79 bits per heavy atom. The van der Waals surface area contributed by atoms with Crippen LogP contribution in [0, 0.1) is 5.92 Å². The summed E-state index contributed by atoms with van der Waals surface area (Å²) in [6, 6.07) is 7.95. The molecule has 1 aliphatic heterocycles. The van der Waals surface area contributed by atoms with Gasteiger partial charge in [0.25, 0.3) is 0 Å². The van der Waals surface area contributed by atoms with E-state index in [0.717, 1.165) is 37.5 Å². The van der Waals surface area contributed by atoms with Gasteiger partial charge in [-0.3, -0.25) is 9.69 Å². The van der Waals surface area contributed by atoms with E-state index >= 15 is 0 Å². The molecule has 3 nitrogen and oxygen atoms in total. The van der Waals surface area contributed by atoms with E-state index in [1.165, 1.54) is 5.56 Å². The van der Waals surface area contributed by atoms with E-state index in [0.29, 0.717) is 6.61 Å². The Kier molecular flexibility index (Phi) is 5.23. The lowest BCUT2D eigenvalue weighted by Gasteiger charge is -2.30.